The fraction of sp³-hybridized carbons (Fsp3) is 0.588. The van der Waals surface area contributed by atoms with Crippen LogP contribution in [0.1, 0.15) is 30.9 Å². The fourth-order valence-corrected chi connectivity index (χ4v) is 3.19. The third-order valence-electron chi connectivity index (χ3n) is 4.52. The molecule has 122 valence electrons. The van der Waals surface area contributed by atoms with Gasteiger partial charge in [0.15, 0.2) is 0 Å². The summed E-state index contributed by atoms with van der Waals surface area (Å²) >= 11 is 0. The van der Waals surface area contributed by atoms with E-state index in [0.29, 0.717) is 25.5 Å². The van der Waals surface area contributed by atoms with Crippen molar-refractivity contribution >= 4 is 18.3 Å². The molecule has 2 saturated heterocycles. The molecule has 4 nitrogen and oxygen atoms in total. The molecule has 0 aliphatic carbocycles. The van der Waals surface area contributed by atoms with Gasteiger partial charge in [-0.3, -0.25) is 4.79 Å². The van der Waals surface area contributed by atoms with Crippen LogP contribution in [0.15, 0.2) is 30.3 Å². The molecule has 1 N–H and O–H groups in total. The van der Waals surface area contributed by atoms with Crippen LogP contribution in [0.5, 0.6) is 0 Å². The average molecular weight is 325 g/mol. The van der Waals surface area contributed by atoms with Gasteiger partial charge < -0.3 is 15.0 Å². The minimum absolute atomic E-state index is 0. The van der Waals surface area contributed by atoms with Gasteiger partial charge in [-0.05, 0) is 37.4 Å². The second-order valence-electron chi connectivity index (χ2n) is 6.01. The van der Waals surface area contributed by atoms with Crippen LogP contribution in [0, 0.1) is 5.92 Å². The maximum atomic E-state index is 12.4. The lowest BCUT2D eigenvalue weighted by molar-refractivity contribution is -0.139. The summed E-state index contributed by atoms with van der Waals surface area (Å²) in [5.41, 5.74) is 1.16. The minimum atomic E-state index is 0. The Labute approximate surface area is 138 Å². The number of carbonyl (C=O) groups excluding carboxylic acids is 1. The highest BCUT2D eigenvalue weighted by Gasteiger charge is 2.26. The number of morpholine rings is 1. The van der Waals surface area contributed by atoms with Gasteiger partial charge in [-0.15, -0.1) is 12.4 Å². The zero-order valence-corrected chi connectivity index (χ0v) is 13.7. The van der Waals surface area contributed by atoms with Crippen LogP contribution >= 0.6 is 12.4 Å². The summed E-state index contributed by atoms with van der Waals surface area (Å²) in [6, 6.07) is 10.2. The molecule has 0 aromatic heterocycles. The molecule has 3 rings (SSSR count). The first-order valence-corrected chi connectivity index (χ1v) is 7.98. The van der Waals surface area contributed by atoms with E-state index in [1.807, 2.05) is 23.1 Å². The molecule has 1 aromatic rings. The molecule has 0 spiro atoms. The predicted molar refractivity (Wildman–Crippen MR) is 89.2 cm³/mol. The number of benzene rings is 1. The first-order valence-electron chi connectivity index (χ1n) is 7.98. The van der Waals surface area contributed by atoms with Crippen LogP contribution in [0.2, 0.25) is 0 Å². The standard InChI is InChI=1S/C17H24N2O2.ClH/c20-17(7-6-14-8-9-18-12-14)19-10-11-21-16(13-19)15-4-2-1-3-5-15;/h1-5,14,16,18H,6-13H2;1H. The molecule has 2 aliphatic rings. The number of carbonyl (C=O) groups is 1. The second kappa shape index (κ2) is 8.51. The molecule has 22 heavy (non-hydrogen) atoms. The van der Waals surface area contributed by atoms with Crippen LogP contribution < -0.4 is 5.32 Å². The van der Waals surface area contributed by atoms with Crippen molar-refractivity contribution in [2.45, 2.75) is 25.4 Å². The molecule has 1 amide bonds. The quantitative estimate of drug-likeness (QED) is 0.924. The molecule has 2 heterocycles. The smallest absolute Gasteiger partial charge is 0.222 e. The summed E-state index contributed by atoms with van der Waals surface area (Å²) in [6.07, 6.45) is 2.92. The molecule has 0 bridgehead atoms. The van der Waals surface area contributed by atoms with Crippen LogP contribution in [-0.4, -0.2) is 43.6 Å². The van der Waals surface area contributed by atoms with Gasteiger partial charge in [0.1, 0.15) is 6.10 Å². The number of hydrogen-bond donors (Lipinski definition) is 1. The van der Waals surface area contributed by atoms with Crippen molar-refractivity contribution in [3.8, 4) is 0 Å². The Morgan fingerprint density at radius 1 is 1.32 bits per heavy atom. The number of hydrogen-bond acceptors (Lipinski definition) is 3. The lowest BCUT2D eigenvalue weighted by atomic mass is 10.0. The first kappa shape index (κ1) is 17.3. The Bertz CT molecular complexity index is 463. The van der Waals surface area contributed by atoms with Crippen LogP contribution in [-0.2, 0) is 9.53 Å². The lowest BCUT2D eigenvalue weighted by Crippen LogP contribution is -2.42. The molecule has 2 unspecified atom stereocenters. The highest BCUT2D eigenvalue weighted by Crippen LogP contribution is 2.23. The van der Waals surface area contributed by atoms with Gasteiger partial charge in [0.25, 0.3) is 0 Å². The van der Waals surface area contributed by atoms with Crippen LogP contribution in [0.25, 0.3) is 0 Å². The average Bonchev–Trinajstić information content (AvgIpc) is 3.07. The first-order chi connectivity index (χ1) is 10.3. The van der Waals surface area contributed by atoms with E-state index in [1.165, 1.54) is 6.42 Å². The van der Waals surface area contributed by atoms with E-state index in [-0.39, 0.29) is 24.4 Å². The molecular weight excluding hydrogens is 300 g/mol. The molecule has 0 saturated carbocycles. The zero-order valence-electron chi connectivity index (χ0n) is 12.9. The monoisotopic (exact) mass is 324 g/mol. The van der Waals surface area contributed by atoms with Gasteiger partial charge in [-0.25, -0.2) is 0 Å². The Kier molecular flexibility index (Phi) is 6.68. The Morgan fingerprint density at radius 2 is 2.14 bits per heavy atom. The summed E-state index contributed by atoms with van der Waals surface area (Å²) in [6.45, 7) is 4.22. The van der Waals surface area contributed by atoms with E-state index in [1.54, 1.807) is 0 Å². The molecule has 2 aliphatic heterocycles. The summed E-state index contributed by atoms with van der Waals surface area (Å²) < 4.78 is 5.82. The van der Waals surface area contributed by atoms with Crippen molar-refractivity contribution in [3.63, 3.8) is 0 Å². The highest BCUT2D eigenvalue weighted by atomic mass is 35.5. The van der Waals surface area contributed by atoms with E-state index in [2.05, 4.69) is 17.4 Å². The van der Waals surface area contributed by atoms with E-state index in [4.69, 9.17) is 4.74 Å². The van der Waals surface area contributed by atoms with Crippen molar-refractivity contribution in [2.75, 3.05) is 32.8 Å². The minimum Gasteiger partial charge on any atom is -0.370 e. The SMILES string of the molecule is Cl.O=C(CCC1CCNC1)N1CCOC(c2ccccc2)C1. The van der Waals surface area contributed by atoms with Crippen molar-refractivity contribution in [3.05, 3.63) is 35.9 Å². The number of amides is 1. The molecule has 2 atom stereocenters. The summed E-state index contributed by atoms with van der Waals surface area (Å²) in [4.78, 5) is 14.4. The Balaban J connectivity index is 0.00000176. The van der Waals surface area contributed by atoms with E-state index < -0.39 is 0 Å². The summed E-state index contributed by atoms with van der Waals surface area (Å²) in [5, 5.41) is 3.36. The number of nitrogens with zero attached hydrogens (tertiary/aromatic N) is 1. The number of ether oxygens (including phenoxy) is 1. The van der Waals surface area contributed by atoms with Gasteiger partial charge in [0.2, 0.25) is 5.91 Å². The number of halogens is 1. The van der Waals surface area contributed by atoms with Gasteiger partial charge in [0, 0.05) is 13.0 Å². The third kappa shape index (κ3) is 4.45. The zero-order chi connectivity index (χ0) is 14.5. The molecule has 5 heteroatoms. The lowest BCUT2D eigenvalue weighted by Gasteiger charge is -2.33. The topological polar surface area (TPSA) is 41.6 Å². The van der Waals surface area contributed by atoms with Gasteiger partial charge >= 0.3 is 0 Å². The largest absolute Gasteiger partial charge is 0.370 e. The van der Waals surface area contributed by atoms with E-state index >= 15 is 0 Å². The van der Waals surface area contributed by atoms with E-state index in [0.717, 1.165) is 31.6 Å². The van der Waals surface area contributed by atoms with Gasteiger partial charge in [-0.2, -0.15) is 0 Å². The molecule has 0 radical (unpaired) electrons. The van der Waals surface area contributed by atoms with Gasteiger partial charge in [-0.1, -0.05) is 30.3 Å². The third-order valence-corrected chi connectivity index (χ3v) is 4.52. The maximum Gasteiger partial charge on any atom is 0.222 e. The normalized spacial score (nSPS) is 24.8. The van der Waals surface area contributed by atoms with Crippen molar-refractivity contribution in [1.29, 1.82) is 0 Å². The van der Waals surface area contributed by atoms with Crippen LogP contribution in [0.4, 0.5) is 0 Å². The van der Waals surface area contributed by atoms with E-state index in [9.17, 15) is 4.79 Å². The predicted octanol–water partition coefficient (Wildman–Crippen LogP) is 2.40. The number of rotatable bonds is 4. The number of nitrogens with one attached hydrogen (secondary N) is 1. The van der Waals surface area contributed by atoms with Crippen LogP contribution in [0.3, 0.4) is 0 Å². The summed E-state index contributed by atoms with van der Waals surface area (Å²) in [7, 11) is 0. The molecular formula is C17H25ClN2O2. The summed E-state index contributed by atoms with van der Waals surface area (Å²) in [5.74, 6) is 0.964. The second-order valence-corrected chi connectivity index (χ2v) is 6.01. The fourth-order valence-electron chi connectivity index (χ4n) is 3.19. The van der Waals surface area contributed by atoms with Crippen molar-refractivity contribution < 1.29 is 9.53 Å². The molecule has 2 fully saturated rings. The maximum absolute atomic E-state index is 12.4. The van der Waals surface area contributed by atoms with Crippen molar-refractivity contribution in [1.82, 2.24) is 10.2 Å². The highest BCUT2D eigenvalue weighted by molar-refractivity contribution is 5.85. The Hall–Kier alpha value is -1.10. The van der Waals surface area contributed by atoms with Gasteiger partial charge in [0.05, 0.1) is 13.2 Å². The molecule has 1 aromatic carbocycles. The Morgan fingerprint density at radius 3 is 2.86 bits per heavy atom. The van der Waals surface area contributed by atoms with Crippen molar-refractivity contribution in [2.24, 2.45) is 5.92 Å².